The minimum absolute atomic E-state index is 0.198. The van der Waals surface area contributed by atoms with Crippen LogP contribution < -0.4 is 10.6 Å². The van der Waals surface area contributed by atoms with Crippen LogP contribution in [-0.2, 0) is 19.1 Å². The van der Waals surface area contributed by atoms with Gasteiger partial charge in [0.2, 0.25) is 0 Å². The fourth-order valence-electron chi connectivity index (χ4n) is 4.62. The van der Waals surface area contributed by atoms with E-state index in [9.17, 15) is 19.2 Å². The van der Waals surface area contributed by atoms with Gasteiger partial charge in [0.1, 0.15) is 12.1 Å². The summed E-state index contributed by atoms with van der Waals surface area (Å²) in [5.74, 6) is -1.27. The molecular formula is C32H34N4O6S2. The Morgan fingerprint density at radius 3 is 1.43 bits per heavy atom. The molecule has 0 aliphatic rings. The number of nitrogens with zero attached hydrogens (tertiary/aromatic N) is 2. The van der Waals surface area contributed by atoms with Crippen LogP contribution in [0.2, 0.25) is 0 Å². The summed E-state index contributed by atoms with van der Waals surface area (Å²) in [5, 5.41) is 6.80. The highest BCUT2D eigenvalue weighted by molar-refractivity contribution is 7.98. The van der Waals surface area contributed by atoms with Crippen molar-refractivity contribution in [1.29, 1.82) is 0 Å². The van der Waals surface area contributed by atoms with Gasteiger partial charge in [-0.15, -0.1) is 0 Å². The smallest absolute Gasteiger partial charge is 0.329 e. The average molecular weight is 635 g/mol. The summed E-state index contributed by atoms with van der Waals surface area (Å²) < 4.78 is 10.3. The van der Waals surface area contributed by atoms with Crippen molar-refractivity contribution in [1.82, 2.24) is 20.6 Å². The summed E-state index contributed by atoms with van der Waals surface area (Å²) in [6, 6.07) is 15.9. The second kappa shape index (κ2) is 15.5. The van der Waals surface area contributed by atoms with Crippen LogP contribution in [0.25, 0.3) is 33.2 Å². The number of pyridine rings is 2. The number of hydrogen-bond acceptors (Lipinski definition) is 10. The maximum absolute atomic E-state index is 13.6. The van der Waals surface area contributed by atoms with E-state index in [4.69, 9.17) is 19.4 Å². The number of hydrogen-bond donors (Lipinski definition) is 2. The summed E-state index contributed by atoms with van der Waals surface area (Å²) in [6.07, 6.45) is 3.68. The number of para-hydroxylation sites is 2. The van der Waals surface area contributed by atoms with Gasteiger partial charge in [0.05, 0.1) is 46.8 Å². The number of nitrogens with one attached hydrogen (secondary N) is 2. The molecule has 2 aromatic heterocycles. The maximum atomic E-state index is 13.6. The van der Waals surface area contributed by atoms with Gasteiger partial charge in [0.15, 0.2) is 0 Å². The second-order valence-electron chi connectivity index (χ2n) is 9.61. The molecule has 0 bridgehead atoms. The Balaban J connectivity index is 1.80. The van der Waals surface area contributed by atoms with Gasteiger partial charge in [0, 0.05) is 22.3 Å². The van der Waals surface area contributed by atoms with E-state index in [0.29, 0.717) is 55.8 Å². The van der Waals surface area contributed by atoms with Gasteiger partial charge in [-0.2, -0.15) is 23.5 Å². The van der Waals surface area contributed by atoms with Gasteiger partial charge in [-0.05, 0) is 50.6 Å². The normalized spacial score (nSPS) is 12.4. The van der Waals surface area contributed by atoms with Crippen LogP contribution in [0, 0.1) is 0 Å². The maximum Gasteiger partial charge on any atom is 0.329 e. The zero-order chi connectivity index (χ0) is 31.6. The standard InChI is InChI=1S/C32H34N4O6S2/c1-5-41-31(39)27(17-43-3)35-29(37)21-15-25(33-23-13-9-7-11-19(21)23)26-16-22(20-12-8-10-14-24(20)34-26)30(38)36-28(18-44-4)32(40)42-6-2/h7-16,27-28H,5-6,17-18H2,1-4H3,(H,35,37)(H,36,38). The Kier molecular flexibility index (Phi) is 11.6. The third-order valence-electron chi connectivity index (χ3n) is 6.60. The molecule has 230 valence electrons. The van der Waals surface area contributed by atoms with E-state index in [1.54, 1.807) is 62.4 Å². The van der Waals surface area contributed by atoms with E-state index in [1.807, 2.05) is 24.6 Å². The second-order valence-corrected chi connectivity index (χ2v) is 11.4. The van der Waals surface area contributed by atoms with Gasteiger partial charge in [-0.25, -0.2) is 19.6 Å². The van der Waals surface area contributed by atoms with E-state index >= 15 is 0 Å². The first-order valence-corrected chi connectivity index (χ1v) is 16.8. The lowest BCUT2D eigenvalue weighted by Gasteiger charge is -2.18. The molecule has 4 rings (SSSR count). The number of esters is 2. The number of benzene rings is 2. The lowest BCUT2D eigenvalue weighted by Crippen LogP contribution is -2.43. The average Bonchev–Trinajstić information content (AvgIpc) is 3.03. The minimum Gasteiger partial charge on any atom is -0.464 e. The fraction of sp³-hybridized carbons (Fsp3) is 0.312. The van der Waals surface area contributed by atoms with Crippen LogP contribution in [0.15, 0.2) is 60.7 Å². The molecule has 4 aromatic rings. The monoisotopic (exact) mass is 634 g/mol. The van der Waals surface area contributed by atoms with Crippen molar-refractivity contribution in [3.63, 3.8) is 0 Å². The van der Waals surface area contributed by atoms with E-state index < -0.39 is 35.8 Å². The van der Waals surface area contributed by atoms with Gasteiger partial charge >= 0.3 is 11.9 Å². The van der Waals surface area contributed by atoms with Gasteiger partial charge < -0.3 is 20.1 Å². The van der Waals surface area contributed by atoms with Gasteiger partial charge in [0.25, 0.3) is 11.8 Å². The van der Waals surface area contributed by atoms with E-state index in [2.05, 4.69) is 10.6 Å². The van der Waals surface area contributed by atoms with Crippen LogP contribution in [0.5, 0.6) is 0 Å². The lowest BCUT2D eigenvalue weighted by molar-refractivity contribution is -0.145. The topological polar surface area (TPSA) is 137 Å². The van der Waals surface area contributed by atoms with Crippen LogP contribution in [0.3, 0.4) is 0 Å². The Bertz CT molecular complexity index is 1560. The molecule has 2 aromatic carbocycles. The zero-order valence-electron chi connectivity index (χ0n) is 24.9. The molecule has 2 unspecified atom stereocenters. The number of fused-ring (bicyclic) bond motifs is 2. The van der Waals surface area contributed by atoms with Gasteiger partial charge in [-0.3, -0.25) is 9.59 Å². The molecular weight excluding hydrogens is 601 g/mol. The van der Waals surface area contributed by atoms with Crippen LogP contribution in [0.1, 0.15) is 34.6 Å². The van der Waals surface area contributed by atoms with Crippen molar-refractivity contribution >= 4 is 69.1 Å². The number of amides is 2. The molecule has 12 heteroatoms. The van der Waals surface area contributed by atoms with Crippen molar-refractivity contribution < 1.29 is 28.7 Å². The summed E-state index contributed by atoms with van der Waals surface area (Å²) >= 11 is 2.83. The predicted molar refractivity (Wildman–Crippen MR) is 175 cm³/mol. The molecule has 0 radical (unpaired) electrons. The summed E-state index contributed by atoms with van der Waals surface area (Å²) in [4.78, 5) is 61.9. The predicted octanol–water partition coefficient (Wildman–Crippen LogP) is 4.50. The molecule has 2 atom stereocenters. The first-order valence-electron chi connectivity index (χ1n) is 14.0. The molecule has 2 heterocycles. The Morgan fingerprint density at radius 2 is 1.07 bits per heavy atom. The molecule has 44 heavy (non-hydrogen) atoms. The van der Waals surface area contributed by atoms with E-state index in [0.717, 1.165) is 0 Å². The molecule has 0 saturated heterocycles. The molecule has 0 spiro atoms. The van der Waals surface area contributed by atoms with E-state index in [-0.39, 0.29) is 13.2 Å². The fourth-order valence-corrected chi connectivity index (χ4v) is 5.72. The first-order chi connectivity index (χ1) is 21.3. The highest BCUT2D eigenvalue weighted by Gasteiger charge is 2.26. The molecule has 0 aliphatic carbocycles. The molecule has 0 saturated carbocycles. The van der Waals surface area contributed by atoms with Crippen LogP contribution in [0.4, 0.5) is 0 Å². The zero-order valence-corrected chi connectivity index (χ0v) is 26.6. The van der Waals surface area contributed by atoms with Crippen LogP contribution in [-0.4, -0.2) is 83.0 Å². The third kappa shape index (κ3) is 7.67. The van der Waals surface area contributed by atoms with Crippen molar-refractivity contribution in [2.24, 2.45) is 0 Å². The summed E-state index contributed by atoms with van der Waals surface area (Å²) in [7, 11) is 0. The number of carbonyl (C=O) groups excluding carboxylic acids is 4. The highest BCUT2D eigenvalue weighted by atomic mass is 32.2. The van der Waals surface area contributed by atoms with Crippen molar-refractivity contribution in [2.75, 3.05) is 37.2 Å². The highest BCUT2D eigenvalue weighted by Crippen LogP contribution is 2.28. The van der Waals surface area contributed by atoms with E-state index in [1.165, 1.54) is 23.5 Å². The largest absolute Gasteiger partial charge is 0.464 e. The lowest BCUT2D eigenvalue weighted by atomic mass is 10.0. The van der Waals surface area contributed by atoms with Crippen molar-refractivity contribution in [3.05, 3.63) is 71.8 Å². The first kappa shape index (κ1) is 32.7. The van der Waals surface area contributed by atoms with Gasteiger partial charge in [-0.1, -0.05) is 36.4 Å². The Morgan fingerprint density at radius 1 is 0.682 bits per heavy atom. The van der Waals surface area contributed by atoms with Crippen LogP contribution >= 0.6 is 23.5 Å². The molecule has 0 aliphatic heterocycles. The number of thioether (sulfide) groups is 2. The molecule has 2 N–H and O–H groups in total. The SMILES string of the molecule is CCOC(=O)C(CSC)NC(=O)c1cc(-c2cc(C(=O)NC(CSC)C(=O)OCC)c3ccccc3n2)nc2ccccc12. The minimum atomic E-state index is -0.837. The van der Waals surface area contributed by atoms with Crippen molar-refractivity contribution in [3.8, 4) is 11.4 Å². The molecule has 10 nitrogen and oxygen atoms in total. The quantitative estimate of drug-likeness (QED) is 0.202. The number of ether oxygens (including phenoxy) is 2. The Labute approximate surface area is 264 Å². The summed E-state index contributed by atoms with van der Waals surface area (Å²) in [5.41, 5.74) is 2.38. The summed E-state index contributed by atoms with van der Waals surface area (Å²) in [6.45, 7) is 3.82. The number of carbonyl (C=O) groups is 4. The number of aromatic nitrogens is 2. The number of rotatable bonds is 13. The van der Waals surface area contributed by atoms with Crippen molar-refractivity contribution in [2.45, 2.75) is 25.9 Å². The molecule has 0 fully saturated rings. The molecule has 2 amide bonds. The Hall–Kier alpha value is -4.16. The third-order valence-corrected chi connectivity index (χ3v) is 7.94.